The SMILES string of the molecule is Cc1n[nH]c2ccc(C#C[Si](C)(C)C)cc12. The lowest BCUT2D eigenvalue weighted by molar-refractivity contribution is 1.07. The van der Waals surface area contributed by atoms with Gasteiger partial charge in [0.25, 0.3) is 0 Å². The average molecular weight is 228 g/mol. The van der Waals surface area contributed by atoms with Crippen LogP contribution in [-0.2, 0) is 0 Å². The van der Waals surface area contributed by atoms with Gasteiger partial charge >= 0.3 is 0 Å². The van der Waals surface area contributed by atoms with Crippen LogP contribution in [-0.4, -0.2) is 18.3 Å². The number of aromatic nitrogens is 2. The molecule has 0 bridgehead atoms. The maximum atomic E-state index is 4.18. The first-order chi connectivity index (χ1) is 7.46. The molecule has 3 heteroatoms. The van der Waals surface area contributed by atoms with Crippen molar-refractivity contribution in [3.05, 3.63) is 29.5 Å². The molecule has 0 saturated heterocycles. The van der Waals surface area contributed by atoms with E-state index in [1.54, 1.807) is 0 Å². The highest BCUT2D eigenvalue weighted by Gasteiger charge is 2.07. The summed E-state index contributed by atoms with van der Waals surface area (Å²) < 4.78 is 0. The summed E-state index contributed by atoms with van der Waals surface area (Å²) in [5, 5.41) is 8.35. The van der Waals surface area contributed by atoms with E-state index >= 15 is 0 Å². The zero-order chi connectivity index (χ0) is 11.8. The summed E-state index contributed by atoms with van der Waals surface area (Å²) in [6, 6.07) is 6.21. The topological polar surface area (TPSA) is 28.7 Å². The third-order valence-corrected chi connectivity index (χ3v) is 3.21. The van der Waals surface area contributed by atoms with Gasteiger partial charge in [-0.05, 0) is 25.1 Å². The molecule has 1 N–H and O–H groups in total. The van der Waals surface area contributed by atoms with E-state index in [0.717, 1.165) is 16.8 Å². The molecule has 0 unspecified atom stereocenters. The molecule has 0 aliphatic carbocycles. The van der Waals surface area contributed by atoms with Crippen molar-refractivity contribution in [1.29, 1.82) is 0 Å². The van der Waals surface area contributed by atoms with Crippen molar-refractivity contribution in [2.45, 2.75) is 26.6 Å². The van der Waals surface area contributed by atoms with Crippen LogP contribution in [0.1, 0.15) is 11.3 Å². The molecule has 0 atom stereocenters. The average Bonchev–Trinajstić information content (AvgIpc) is 2.56. The van der Waals surface area contributed by atoms with Gasteiger partial charge in [0, 0.05) is 10.9 Å². The molecule has 0 fully saturated rings. The lowest BCUT2D eigenvalue weighted by Gasteiger charge is -2.03. The van der Waals surface area contributed by atoms with E-state index in [0.29, 0.717) is 0 Å². The van der Waals surface area contributed by atoms with Crippen molar-refractivity contribution in [2.75, 3.05) is 0 Å². The summed E-state index contributed by atoms with van der Waals surface area (Å²) in [5.74, 6) is 3.26. The van der Waals surface area contributed by atoms with Crippen LogP contribution in [0.4, 0.5) is 0 Å². The van der Waals surface area contributed by atoms with Crippen LogP contribution in [0.2, 0.25) is 19.6 Å². The molecule has 1 heterocycles. The molecule has 0 aliphatic heterocycles. The molecular weight excluding hydrogens is 212 g/mol. The van der Waals surface area contributed by atoms with Gasteiger partial charge in [0.1, 0.15) is 8.07 Å². The van der Waals surface area contributed by atoms with Gasteiger partial charge in [-0.15, -0.1) is 5.54 Å². The number of fused-ring (bicyclic) bond motifs is 1. The second-order valence-electron chi connectivity index (χ2n) is 5.07. The number of hydrogen-bond donors (Lipinski definition) is 1. The molecule has 82 valence electrons. The van der Waals surface area contributed by atoms with Crippen LogP contribution in [0, 0.1) is 18.4 Å². The van der Waals surface area contributed by atoms with E-state index in [4.69, 9.17) is 0 Å². The number of aryl methyl sites for hydroxylation is 1. The van der Waals surface area contributed by atoms with Crippen molar-refractivity contribution in [1.82, 2.24) is 10.2 Å². The Kier molecular flexibility index (Phi) is 2.61. The summed E-state index contributed by atoms with van der Waals surface area (Å²) in [5.41, 5.74) is 6.57. The van der Waals surface area contributed by atoms with Crippen LogP contribution in [0.3, 0.4) is 0 Å². The fourth-order valence-corrected chi connectivity index (χ4v) is 2.00. The number of aromatic amines is 1. The molecule has 1 aromatic carbocycles. The zero-order valence-electron chi connectivity index (χ0n) is 10.2. The second-order valence-corrected chi connectivity index (χ2v) is 9.82. The van der Waals surface area contributed by atoms with Crippen molar-refractivity contribution in [2.24, 2.45) is 0 Å². The Labute approximate surface area is 97.1 Å². The minimum atomic E-state index is -1.29. The van der Waals surface area contributed by atoms with E-state index in [-0.39, 0.29) is 0 Å². The Balaban J connectivity index is 2.46. The van der Waals surface area contributed by atoms with Crippen LogP contribution < -0.4 is 0 Å². The van der Waals surface area contributed by atoms with E-state index in [2.05, 4.69) is 47.4 Å². The maximum Gasteiger partial charge on any atom is 0.129 e. The molecule has 0 saturated carbocycles. The summed E-state index contributed by atoms with van der Waals surface area (Å²) in [7, 11) is -1.29. The normalized spacial score (nSPS) is 11.2. The van der Waals surface area contributed by atoms with Gasteiger partial charge in [-0.25, -0.2) is 0 Å². The van der Waals surface area contributed by atoms with Crippen molar-refractivity contribution in [3.63, 3.8) is 0 Å². The first-order valence-electron chi connectivity index (χ1n) is 5.44. The smallest absolute Gasteiger partial charge is 0.129 e. The fourth-order valence-electron chi connectivity index (χ4n) is 1.48. The predicted octanol–water partition coefficient (Wildman–Crippen LogP) is 3.10. The third kappa shape index (κ3) is 2.34. The quantitative estimate of drug-likeness (QED) is 0.545. The Bertz CT molecular complexity index is 579. The van der Waals surface area contributed by atoms with E-state index in [1.807, 2.05) is 19.1 Å². The summed E-state index contributed by atoms with van der Waals surface area (Å²) in [4.78, 5) is 0. The van der Waals surface area contributed by atoms with Gasteiger partial charge in [0.15, 0.2) is 0 Å². The molecule has 16 heavy (non-hydrogen) atoms. The Morgan fingerprint density at radius 2 is 2.00 bits per heavy atom. The van der Waals surface area contributed by atoms with Crippen LogP contribution in [0.25, 0.3) is 10.9 Å². The first-order valence-corrected chi connectivity index (χ1v) is 8.94. The number of nitrogens with one attached hydrogen (secondary N) is 1. The summed E-state index contributed by atoms with van der Waals surface area (Å²) >= 11 is 0. The molecule has 2 rings (SSSR count). The van der Waals surface area contributed by atoms with E-state index in [9.17, 15) is 0 Å². The molecular formula is C13H16N2Si. The lowest BCUT2D eigenvalue weighted by Crippen LogP contribution is -2.16. The van der Waals surface area contributed by atoms with Gasteiger partial charge in [-0.2, -0.15) is 5.10 Å². The van der Waals surface area contributed by atoms with Crippen molar-refractivity contribution in [3.8, 4) is 11.5 Å². The maximum absolute atomic E-state index is 4.18. The van der Waals surface area contributed by atoms with Crippen molar-refractivity contribution >= 4 is 19.0 Å². The van der Waals surface area contributed by atoms with Crippen LogP contribution >= 0.6 is 0 Å². The first kappa shape index (κ1) is 11.0. The number of H-pyrrole nitrogens is 1. The highest BCUT2D eigenvalue weighted by Crippen LogP contribution is 2.16. The van der Waals surface area contributed by atoms with E-state index < -0.39 is 8.07 Å². The number of rotatable bonds is 0. The minimum absolute atomic E-state index is 1.03. The number of benzene rings is 1. The largest absolute Gasteiger partial charge is 0.278 e. The zero-order valence-corrected chi connectivity index (χ0v) is 11.2. The molecule has 0 spiro atoms. The van der Waals surface area contributed by atoms with Gasteiger partial charge in [-0.3, -0.25) is 5.10 Å². The van der Waals surface area contributed by atoms with Crippen LogP contribution in [0.15, 0.2) is 18.2 Å². The van der Waals surface area contributed by atoms with Gasteiger partial charge in [-0.1, -0.05) is 25.6 Å². The van der Waals surface area contributed by atoms with Crippen molar-refractivity contribution < 1.29 is 0 Å². The Morgan fingerprint density at radius 1 is 1.25 bits per heavy atom. The standard InChI is InChI=1S/C13H16N2Si/c1-10-12-9-11(7-8-16(2,3)4)5-6-13(12)15-14-10/h5-6,9H,1-4H3,(H,14,15). The molecule has 1 aromatic heterocycles. The fraction of sp³-hybridized carbons (Fsp3) is 0.308. The molecule has 2 nitrogen and oxygen atoms in total. The highest BCUT2D eigenvalue weighted by atomic mass is 28.3. The summed E-state index contributed by atoms with van der Waals surface area (Å²) in [6.45, 7) is 8.76. The Morgan fingerprint density at radius 3 is 2.69 bits per heavy atom. The highest BCUT2D eigenvalue weighted by molar-refractivity contribution is 6.83. The molecule has 2 aromatic rings. The summed E-state index contributed by atoms with van der Waals surface area (Å²) in [6.07, 6.45) is 0. The lowest BCUT2D eigenvalue weighted by atomic mass is 10.1. The Hall–Kier alpha value is -1.53. The molecule has 0 amide bonds. The van der Waals surface area contributed by atoms with Crippen LogP contribution in [0.5, 0.6) is 0 Å². The van der Waals surface area contributed by atoms with Gasteiger partial charge < -0.3 is 0 Å². The number of nitrogens with zero attached hydrogens (tertiary/aromatic N) is 1. The second kappa shape index (κ2) is 3.80. The van der Waals surface area contributed by atoms with Gasteiger partial charge in [0.2, 0.25) is 0 Å². The van der Waals surface area contributed by atoms with Gasteiger partial charge in [0.05, 0.1) is 11.2 Å². The predicted molar refractivity (Wildman–Crippen MR) is 71.1 cm³/mol. The minimum Gasteiger partial charge on any atom is -0.278 e. The third-order valence-electron chi connectivity index (χ3n) is 2.34. The number of hydrogen-bond acceptors (Lipinski definition) is 1. The van der Waals surface area contributed by atoms with E-state index in [1.165, 1.54) is 5.39 Å². The monoisotopic (exact) mass is 228 g/mol. The molecule has 0 aliphatic rings. The molecule has 0 radical (unpaired) electrons.